The zero-order valence-corrected chi connectivity index (χ0v) is 15.8. The second kappa shape index (κ2) is 8.31. The lowest BCUT2D eigenvalue weighted by atomic mass is 9.93. The zero-order chi connectivity index (χ0) is 18.5. The SMILES string of the molecule is Cn1cnc(CN2CCCC(Cc3cccc(Nc4ccccn4)n3)C2)c1. The number of nitrogens with one attached hydrogen (secondary N) is 1. The van der Waals surface area contributed by atoms with E-state index in [4.69, 9.17) is 4.98 Å². The van der Waals surface area contributed by atoms with Gasteiger partial charge in [-0.1, -0.05) is 12.1 Å². The maximum Gasteiger partial charge on any atom is 0.131 e. The highest BCUT2D eigenvalue weighted by Crippen LogP contribution is 2.22. The van der Waals surface area contributed by atoms with Gasteiger partial charge in [-0.25, -0.2) is 15.0 Å². The first kappa shape index (κ1) is 17.7. The van der Waals surface area contributed by atoms with Gasteiger partial charge in [-0.3, -0.25) is 4.90 Å². The Morgan fingerprint density at radius 2 is 2.00 bits per heavy atom. The fourth-order valence-electron chi connectivity index (χ4n) is 3.77. The molecule has 1 aliphatic heterocycles. The molecule has 1 unspecified atom stereocenters. The molecule has 27 heavy (non-hydrogen) atoms. The minimum Gasteiger partial charge on any atom is -0.340 e. The van der Waals surface area contributed by atoms with Gasteiger partial charge in [0.05, 0.1) is 12.0 Å². The molecule has 1 fully saturated rings. The summed E-state index contributed by atoms with van der Waals surface area (Å²) in [5.74, 6) is 2.31. The lowest BCUT2D eigenvalue weighted by molar-refractivity contribution is 0.165. The van der Waals surface area contributed by atoms with Gasteiger partial charge in [0, 0.05) is 38.2 Å². The van der Waals surface area contributed by atoms with Crippen LogP contribution in [0.15, 0.2) is 55.1 Å². The summed E-state index contributed by atoms with van der Waals surface area (Å²) in [5, 5.41) is 3.28. The Morgan fingerprint density at radius 1 is 1.07 bits per heavy atom. The third-order valence-corrected chi connectivity index (χ3v) is 4.97. The van der Waals surface area contributed by atoms with Crippen LogP contribution in [-0.2, 0) is 20.0 Å². The molecule has 1 atom stereocenters. The monoisotopic (exact) mass is 362 g/mol. The van der Waals surface area contributed by atoms with Gasteiger partial charge in [0.2, 0.25) is 0 Å². The van der Waals surface area contributed by atoms with Crippen molar-refractivity contribution in [1.82, 2.24) is 24.4 Å². The predicted octanol–water partition coefficient (Wildman–Crippen LogP) is 3.41. The molecule has 1 N–H and O–H groups in total. The van der Waals surface area contributed by atoms with Crippen molar-refractivity contribution in [2.24, 2.45) is 13.0 Å². The van der Waals surface area contributed by atoms with Crippen LogP contribution in [0.1, 0.15) is 24.2 Å². The molecule has 0 aromatic carbocycles. The molecule has 0 saturated carbocycles. The Kier molecular flexibility index (Phi) is 5.44. The van der Waals surface area contributed by atoms with Crippen molar-refractivity contribution in [1.29, 1.82) is 0 Å². The molecule has 3 aromatic rings. The van der Waals surface area contributed by atoms with Gasteiger partial charge in [0.15, 0.2) is 0 Å². The Bertz CT molecular complexity index is 860. The molecule has 0 bridgehead atoms. The third-order valence-electron chi connectivity index (χ3n) is 4.97. The average Bonchev–Trinajstić information content (AvgIpc) is 3.08. The van der Waals surface area contributed by atoms with E-state index in [-0.39, 0.29) is 0 Å². The van der Waals surface area contributed by atoms with Crippen molar-refractivity contribution in [3.8, 4) is 0 Å². The molecule has 1 saturated heterocycles. The maximum absolute atomic E-state index is 4.79. The number of aryl methyl sites for hydroxylation is 1. The number of hydrogen-bond acceptors (Lipinski definition) is 5. The minimum atomic E-state index is 0.639. The van der Waals surface area contributed by atoms with E-state index in [0.717, 1.165) is 49.1 Å². The van der Waals surface area contributed by atoms with Crippen LogP contribution in [0.4, 0.5) is 11.6 Å². The molecule has 0 radical (unpaired) electrons. The standard InChI is InChI=1S/C21H26N6/c1-26-14-19(23-16-26)15-27-11-5-6-17(13-27)12-18-7-4-9-21(24-18)25-20-8-2-3-10-22-20/h2-4,7-10,14,16-17H,5-6,11-13,15H2,1H3,(H,22,24,25). The number of likely N-dealkylation sites (tertiary alicyclic amines) is 1. The van der Waals surface area contributed by atoms with E-state index in [1.54, 1.807) is 6.20 Å². The number of imidazole rings is 1. The van der Waals surface area contributed by atoms with Gasteiger partial charge in [-0.2, -0.15) is 0 Å². The predicted molar refractivity (Wildman–Crippen MR) is 107 cm³/mol. The number of hydrogen-bond donors (Lipinski definition) is 1. The summed E-state index contributed by atoms with van der Waals surface area (Å²) in [6, 6.07) is 12.0. The Labute approximate surface area is 160 Å². The average molecular weight is 362 g/mol. The molecule has 3 aromatic heterocycles. The molecular formula is C21H26N6. The molecule has 140 valence electrons. The van der Waals surface area contributed by atoms with Crippen LogP contribution >= 0.6 is 0 Å². The van der Waals surface area contributed by atoms with Gasteiger partial charge in [0.1, 0.15) is 11.6 Å². The van der Waals surface area contributed by atoms with Gasteiger partial charge >= 0.3 is 0 Å². The van der Waals surface area contributed by atoms with Crippen molar-refractivity contribution in [3.63, 3.8) is 0 Å². The number of aromatic nitrogens is 4. The first-order valence-corrected chi connectivity index (χ1v) is 9.58. The van der Waals surface area contributed by atoms with E-state index in [1.165, 1.54) is 12.8 Å². The molecule has 4 heterocycles. The van der Waals surface area contributed by atoms with Crippen LogP contribution in [0.2, 0.25) is 0 Å². The number of piperidine rings is 1. The van der Waals surface area contributed by atoms with Crippen LogP contribution in [0.3, 0.4) is 0 Å². The smallest absolute Gasteiger partial charge is 0.131 e. The fourth-order valence-corrected chi connectivity index (χ4v) is 3.77. The van der Waals surface area contributed by atoms with Crippen LogP contribution in [-0.4, -0.2) is 37.5 Å². The van der Waals surface area contributed by atoms with Crippen molar-refractivity contribution >= 4 is 11.6 Å². The van der Waals surface area contributed by atoms with Crippen molar-refractivity contribution in [3.05, 3.63) is 66.5 Å². The lowest BCUT2D eigenvalue weighted by Gasteiger charge is -2.32. The van der Waals surface area contributed by atoms with E-state index >= 15 is 0 Å². The summed E-state index contributed by atoms with van der Waals surface area (Å²) in [7, 11) is 2.02. The highest BCUT2D eigenvalue weighted by molar-refractivity contribution is 5.51. The van der Waals surface area contributed by atoms with Gasteiger partial charge in [-0.15, -0.1) is 0 Å². The van der Waals surface area contributed by atoms with Gasteiger partial charge in [-0.05, 0) is 56.0 Å². The summed E-state index contributed by atoms with van der Waals surface area (Å²) in [4.78, 5) is 16.1. The van der Waals surface area contributed by atoms with Crippen molar-refractivity contribution in [2.45, 2.75) is 25.8 Å². The summed E-state index contributed by atoms with van der Waals surface area (Å²) >= 11 is 0. The summed E-state index contributed by atoms with van der Waals surface area (Å²) in [6.07, 6.45) is 9.28. The summed E-state index contributed by atoms with van der Waals surface area (Å²) in [6.45, 7) is 3.20. The highest BCUT2D eigenvalue weighted by Gasteiger charge is 2.21. The topological polar surface area (TPSA) is 58.9 Å². The lowest BCUT2D eigenvalue weighted by Crippen LogP contribution is -2.35. The highest BCUT2D eigenvalue weighted by atomic mass is 15.1. The maximum atomic E-state index is 4.79. The van der Waals surface area contributed by atoms with Crippen LogP contribution in [0.25, 0.3) is 0 Å². The third kappa shape index (κ3) is 4.92. The minimum absolute atomic E-state index is 0.639. The van der Waals surface area contributed by atoms with Gasteiger partial charge in [0.25, 0.3) is 0 Å². The Hall–Kier alpha value is -2.73. The van der Waals surface area contributed by atoms with Crippen LogP contribution in [0, 0.1) is 5.92 Å². The largest absolute Gasteiger partial charge is 0.340 e. The normalized spacial score (nSPS) is 17.7. The quantitative estimate of drug-likeness (QED) is 0.728. The van der Waals surface area contributed by atoms with E-state index in [1.807, 2.05) is 42.2 Å². The first-order valence-electron chi connectivity index (χ1n) is 9.58. The molecule has 4 rings (SSSR count). The molecule has 6 nitrogen and oxygen atoms in total. The zero-order valence-electron chi connectivity index (χ0n) is 15.8. The van der Waals surface area contributed by atoms with E-state index < -0.39 is 0 Å². The summed E-state index contributed by atoms with van der Waals surface area (Å²) < 4.78 is 2.01. The molecule has 0 aliphatic carbocycles. The number of pyridine rings is 2. The Morgan fingerprint density at radius 3 is 2.81 bits per heavy atom. The van der Waals surface area contributed by atoms with Crippen LogP contribution < -0.4 is 5.32 Å². The molecule has 0 spiro atoms. The van der Waals surface area contributed by atoms with Crippen LogP contribution in [0.5, 0.6) is 0 Å². The second-order valence-electron chi connectivity index (χ2n) is 7.33. The molecule has 0 amide bonds. The van der Waals surface area contributed by atoms with E-state index in [9.17, 15) is 0 Å². The van der Waals surface area contributed by atoms with E-state index in [0.29, 0.717) is 5.92 Å². The number of rotatable bonds is 6. The van der Waals surface area contributed by atoms with Crippen molar-refractivity contribution < 1.29 is 0 Å². The molecular weight excluding hydrogens is 336 g/mol. The molecule has 6 heteroatoms. The van der Waals surface area contributed by atoms with Crippen molar-refractivity contribution in [2.75, 3.05) is 18.4 Å². The fraction of sp³-hybridized carbons (Fsp3) is 0.381. The summed E-state index contributed by atoms with van der Waals surface area (Å²) in [5.41, 5.74) is 2.29. The number of anilines is 2. The molecule has 1 aliphatic rings. The Balaban J connectivity index is 1.36. The first-order chi connectivity index (χ1) is 13.2. The van der Waals surface area contributed by atoms with E-state index in [2.05, 4.69) is 38.5 Å². The number of nitrogens with zero attached hydrogens (tertiary/aromatic N) is 5. The second-order valence-corrected chi connectivity index (χ2v) is 7.33. The van der Waals surface area contributed by atoms with Gasteiger partial charge < -0.3 is 9.88 Å².